The third-order valence-electron chi connectivity index (χ3n) is 2.62. The van der Waals surface area contributed by atoms with Gasteiger partial charge in [0.1, 0.15) is 6.54 Å². The Bertz CT molecular complexity index is 623. The van der Waals surface area contributed by atoms with E-state index in [-0.39, 0.29) is 0 Å². The van der Waals surface area contributed by atoms with Crippen molar-refractivity contribution < 1.29 is 14.7 Å². The van der Waals surface area contributed by atoms with Crippen LogP contribution in [0.1, 0.15) is 16.1 Å². The normalized spacial score (nSPS) is 10.3. The highest BCUT2D eigenvalue weighted by atomic mass is 16.4. The van der Waals surface area contributed by atoms with E-state index in [1.54, 1.807) is 13.1 Å². The molecule has 1 aromatic heterocycles. The van der Waals surface area contributed by atoms with Crippen LogP contribution < -0.4 is 5.32 Å². The van der Waals surface area contributed by atoms with Crippen LogP contribution in [0.5, 0.6) is 0 Å². The summed E-state index contributed by atoms with van der Waals surface area (Å²) in [6, 6.07) is 7.36. The van der Waals surface area contributed by atoms with Gasteiger partial charge in [-0.3, -0.25) is 14.6 Å². The molecule has 0 aliphatic heterocycles. The van der Waals surface area contributed by atoms with Gasteiger partial charge in [-0.2, -0.15) is 0 Å². The summed E-state index contributed by atoms with van der Waals surface area (Å²) < 4.78 is 0. The van der Waals surface area contributed by atoms with Gasteiger partial charge in [-0.05, 0) is 12.3 Å². The van der Waals surface area contributed by atoms with Gasteiger partial charge in [0.25, 0.3) is 5.91 Å². The molecule has 1 aromatic carbocycles. The topological polar surface area (TPSA) is 79.3 Å². The van der Waals surface area contributed by atoms with E-state index >= 15 is 0 Å². The number of carbonyl (C=O) groups is 2. The van der Waals surface area contributed by atoms with Crippen LogP contribution in [0.15, 0.2) is 30.5 Å². The number of hydrogen-bond acceptors (Lipinski definition) is 3. The second kappa shape index (κ2) is 4.83. The molecule has 0 saturated heterocycles. The third kappa shape index (κ3) is 2.29. The molecule has 0 spiro atoms. The summed E-state index contributed by atoms with van der Waals surface area (Å²) in [5.74, 6) is -1.49. The fraction of sp³-hybridized carbons (Fsp3) is 0.154. The lowest BCUT2D eigenvalue weighted by atomic mass is 10.0. The Kier molecular flexibility index (Phi) is 3.23. The van der Waals surface area contributed by atoms with Gasteiger partial charge < -0.3 is 10.4 Å². The summed E-state index contributed by atoms with van der Waals surface area (Å²) in [7, 11) is 0. The van der Waals surface area contributed by atoms with Crippen molar-refractivity contribution in [2.45, 2.75) is 6.92 Å². The van der Waals surface area contributed by atoms with Crippen molar-refractivity contribution in [1.82, 2.24) is 10.3 Å². The molecule has 0 aliphatic carbocycles. The summed E-state index contributed by atoms with van der Waals surface area (Å²) in [6.45, 7) is 1.32. The summed E-state index contributed by atoms with van der Waals surface area (Å²) in [4.78, 5) is 26.6. The maximum atomic E-state index is 12.0. The molecule has 0 saturated carbocycles. The van der Waals surface area contributed by atoms with Gasteiger partial charge in [-0.15, -0.1) is 0 Å². The highest BCUT2D eigenvalue weighted by Gasteiger charge is 2.14. The standard InChI is InChI=1S/C13H12N2O3/c1-8-12(13(18)15-7-11(16)17)10-5-3-2-4-9(10)6-14-8/h2-6H,7H2,1H3,(H,15,18)(H,16,17). The predicted octanol–water partition coefficient (Wildman–Crippen LogP) is 1.36. The van der Waals surface area contributed by atoms with Crippen molar-refractivity contribution in [2.24, 2.45) is 0 Å². The lowest BCUT2D eigenvalue weighted by molar-refractivity contribution is -0.135. The van der Waals surface area contributed by atoms with Gasteiger partial charge in [0, 0.05) is 11.6 Å². The fourth-order valence-corrected chi connectivity index (χ4v) is 1.79. The average Bonchev–Trinajstić information content (AvgIpc) is 2.36. The maximum Gasteiger partial charge on any atom is 0.322 e. The fourth-order valence-electron chi connectivity index (χ4n) is 1.79. The molecule has 2 N–H and O–H groups in total. The Morgan fingerprint density at radius 2 is 2.06 bits per heavy atom. The third-order valence-corrected chi connectivity index (χ3v) is 2.62. The molecule has 1 heterocycles. The number of fused-ring (bicyclic) bond motifs is 1. The monoisotopic (exact) mass is 244 g/mol. The lowest BCUT2D eigenvalue weighted by Crippen LogP contribution is -2.30. The number of nitrogens with one attached hydrogen (secondary N) is 1. The number of benzene rings is 1. The van der Waals surface area contributed by atoms with Gasteiger partial charge in [0.2, 0.25) is 0 Å². The molecule has 18 heavy (non-hydrogen) atoms. The van der Waals surface area contributed by atoms with Crippen molar-refractivity contribution in [2.75, 3.05) is 6.54 Å². The van der Waals surface area contributed by atoms with Crippen LogP contribution in [0, 0.1) is 6.92 Å². The van der Waals surface area contributed by atoms with E-state index in [0.29, 0.717) is 11.3 Å². The molecule has 0 aliphatic rings. The largest absolute Gasteiger partial charge is 0.480 e. The Morgan fingerprint density at radius 3 is 2.78 bits per heavy atom. The highest BCUT2D eigenvalue weighted by molar-refractivity contribution is 6.08. The summed E-state index contributed by atoms with van der Waals surface area (Å²) in [6.07, 6.45) is 1.69. The molecular formula is C13H12N2O3. The molecule has 2 aromatic rings. The molecular weight excluding hydrogens is 232 g/mol. The van der Waals surface area contributed by atoms with Gasteiger partial charge in [0.15, 0.2) is 0 Å². The first-order valence-corrected chi connectivity index (χ1v) is 5.44. The highest BCUT2D eigenvalue weighted by Crippen LogP contribution is 2.19. The molecule has 5 heteroatoms. The number of carbonyl (C=O) groups excluding carboxylic acids is 1. The number of amides is 1. The van der Waals surface area contributed by atoms with Gasteiger partial charge in [-0.1, -0.05) is 24.3 Å². The molecule has 0 radical (unpaired) electrons. The minimum absolute atomic E-state index is 0.401. The quantitative estimate of drug-likeness (QED) is 0.854. The Morgan fingerprint density at radius 1 is 1.33 bits per heavy atom. The first-order valence-electron chi connectivity index (χ1n) is 5.44. The van der Waals surface area contributed by atoms with Crippen LogP contribution in [0.2, 0.25) is 0 Å². The zero-order valence-electron chi connectivity index (χ0n) is 9.80. The molecule has 0 bridgehead atoms. The van der Waals surface area contributed by atoms with Crippen LogP contribution in [0.4, 0.5) is 0 Å². The minimum atomic E-state index is -1.07. The second-order valence-electron chi connectivity index (χ2n) is 3.88. The number of aromatic nitrogens is 1. The lowest BCUT2D eigenvalue weighted by Gasteiger charge is -2.08. The Labute approximate surface area is 103 Å². The first kappa shape index (κ1) is 12.0. The number of carboxylic acid groups (broad SMARTS) is 1. The summed E-state index contributed by atoms with van der Waals surface area (Å²) in [5, 5.41) is 12.5. The molecule has 1 amide bonds. The van der Waals surface area contributed by atoms with Crippen molar-refractivity contribution >= 4 is 22.6 Å². The van der Waals surface area contributed by atoms with Crippen molar-refractivity contribution in [3.05, 3.63) is 41.7 Å². The Balaban J connectivity index is 2.45. The van der Waals surface area contributed by atoms with Crippen molar-refractivity contribution in [1.29, 1.82) is 0 Å². The van der Waals surface area contributed by atoms with Gasteiger partial charge in [-0.25, -0.2) is 0 Å². The van der Waals surface area contributed by atoms with Crippen LogP contribution in [0.3, 0.4) is 0 Å². The smallest absolute Gasteiger partial charge is 0.322 e. The number of aliphatic carboxylic acids is 1. The van der Waals surface area contributed by atoms with Crippen LogP contribution >= 0.6 is 0 Å². The van der Waals surface area contributed by atoms with E-state index in [9.17, 15) is 9.59 Å². The van der Waals surface area contributed by atoms with Crippen LogP contribution in [-0.4, -0.2) is 28.5 Å². The van der Waals surface area contributed by atoms with Crippen molar-refractivity contribution in [3.63, 3.8) is 0 Å². The summed E-state index contributed by atoms with van der Waals surface area (Å²) in [5.41, 5.74) is 1.01. The first-order chi connectivity index (χ1) is 8.59. The van der Waals surface area contributed by atoms with E-state index < -0.39 is 18.4 Å². The SMILES string of the molecule is Cc1ncc2ccccc2c1C(=O)NCC(=O)O. The minimum Gasteiger partial charge on any atom is -0.480 e. The van der Waals surface area contributed by atoms with E-state index in [4.69, 9.17) is 5.11 Å². The number of rotatable bonds is 3. The number of carboxylic acids is 1. The number of hydrogen-bond donors (Lipinski definition) is 2. The Hall–Kier alpha value is -2.43. The molecule has 0 atom stereocenters. The number of nitrogens with zero attached hydrogens (tertiary/aromatic N) is 1. The zero-order valence-corrected chi connectivity index (χ0v) is 9.80. The molecule has 0 fully saturated rings. The van der Waals surface area contributed by atoms with Crippen LogP contribution in [-0.2, 0) is 4.79 Å². The maximum absolute atomic E-state index is 12.0. The average molecular weight is 244 g/mol. The molecule has 0 unspecified atom stereocenters. The molecule has 5 nitrogen and oxygen atoms in total. The van der Waals surface area contributed by atoms with Gasteiger partial charge >= 0.3 is 5.97 Å². The predicted molar refractivity (Wildman–Crippen MR) is 66.4 cm³/mol. The molecule has 92 valence electrons. The van der Waals surface area contributed by atoms with Crippen LogP contribution in [0.25, 0.3) is 10.8 Å². The zero-order chi connectivity index (χ0) is 13.1. The van der Waals surface area contributed by atoms with E-state index in [1.807, 2.05) is 24.3 Å². The van der Waals surface area contributed by atoms with Crippen molar-refractivity contribution in [3.8, 4) is 0 Å². The number of aryl methyl sites for hydroxylation is 1. The summed E-state index contributed by atoms with van der Waals surface area (Å²) >= 11 is 0. The van der Waals surface area contributed by atoms with Gasteiger partial charge in [0.05, 0.1) is 11.3 Å². The van der Waals surface area contributed by atoms with E-state index in [1.165, 1.54) is 0 Å². The van der Waals surface area contributed by atoms with E-state index in [0.717, 1.165) is 10.8 Å². The van der Waals surface area contributed by atoms with E-state index in [2.05, 4.69) is 10.3 Å². The number of pyridine rings is 1. The second-order valence-corrected chi connectivity index (χ2v) is 3.88. The molecule has 2 rings (SSSR count).